The molecule has 0 saturated carbocycles. The number of aromatic nitrogens is 2. The zero-order chi connectivity index (χ0) is 19.8. The standard InChI is InChI=1S/C21H22N4O3/c1-27-18-8-6-15(7-9-18)10-11-22-20-13-19(24-21(25-20)28-2)17-5-3-4-16(12-17)14-23-26/h3-9,12-14,26H,10-11H2,1-2H3,(H,22,24,25)/b23-14+. The van der Waals surface area contributed by atoms with Crippen LogP contribution in [-0.4, -0.2) is 42.2 Å². The molecule has 7 heteroatoms. The van der Waals surface area contributed by atoms with Crippen molar-refractivity contribution in [3.63, 3.8) is 0 Å². The molecule has 1 heterocycles. The molecule has 28 heavy (non-hydrogen) atoms. The van der Waals surface area contributed by atoms with Gasteiger partial charge in [0.1, 0.15) is 11.6 Å². The number of methoxy groups -OCH3 is 2. The van der Waals surface area contributed by atoms with Gasteiger partial charge >= 0.3 is 6.01 Å². The molecule has 0 saturated heterocycles. The van der Waals surface area contributed by atoms with E-state index in [1.54, 1.807) is 7.11 Å². The Hall–Kier alpha value is -3.61. The van der Waals surface area contributed by atoms with Gasteiger partial charge in [-0.15, -0.1) is 0 Å². The number of hydrogen-bond donors (Lipinski definition) is 2. The molecule has 0 spiro atoms. The first-order valence-electron chi connectivity index (χ1n) is 8.79. The Morgan fingerprint density at radius 2 is 1.86 bits per heavy atom. The average molecular weight is 378 g/mol. The van der Waals surface area contributed by atoms with Crippen molar-refractivity contribution in [1.82, 2.24) is 9.97 Å². The Bertz CT molecular complexity index is 943. The first kappa shape index (κ1) is 19.2. The largest absolute Gasteiger partial charge is 0.497 e. The SMILES string of the molecule is COc1ccc(CCNc2cc(-c3cccc(/C=N/O)c3)nc(OC)n2)cc1. The molecule has 0 radical (unpaired) electrons. The van der Waals surface area contributed by atoms with Gasteiger partial charge in [-0.2, -0.15) is 9.97 Å². The number of hydrogen-bond acceptors (Lipinski definition) is 7. The van der Waals surface area contributed by atoms with Crippen LogP contribution in [0.1, 0.15) is 11.1 Å². The number of oxime groups is 1. The molecule has 0 aliphatic rings. The highest BCUT2D eigenvalue weighted by molar-refractivity contribution is 5.81. The summed E-state index contributed by atoms with van der Waals surface area (Å²) in [5, 5.41) is 15.1. The van der Waals surface area contributed by atoms with Gasteiger partial charge < -0.3 is 20.0 Å². The third-order valence-corrected chi connectivity index (χ3v) is 4.16. The zero-order valence-corrected chi connectivity index (χ0v) is 15.8. The maximum absolute atomic E-state index is 8.73. The number of nitrogens with one attached hydrogen (secondary N) is 1. The van der Waals surface area contributed by atoms with Crippen LogP contribution >= 0.6 is 0 Å². The summed E-state index contributed by atoms with van der Waals surface area (Å²) in [5.41, 5.74) is 3.56. The van der Waals surface area contributed by atoms with Crippen molar-refractivity contribution in [2.24, 2.45) is 5.16 Å². The summed E-state index contributed by atoms with van der Waals surface area (Å²) in [5.74, 6) is 1.52. The van der Waals surface area contributed by atoms with Gasteiger partial charge in [0.05, 0.1) is 26.1 Å². The molecule has 0 atom stereocenters. The molecule has 2 N–H and O–H groups in total. The van der Waals surface area contributed by atoms with Crippen molar-refractivity contribution in [3.05, 3.63) is 65.7 Å². The van der Waals surface area contributed by atoms with Crippen molar-refractivity contribution < 1.29 is 14.7 Å². The molecule has 0 unspecified atom stereocenters. The van der Waals surface area contributed by atoms with Crippen LogP contribution in [0.15, 0.2) is 59.8 Å². The molecule has 0 aliphatic carbocycles. The lowest BCUT2D eigenvalue weighted by Gasteiger charge is -2.10. The lowest BCUT2D eigenvalue weighted by Crippen LogP contribution is -2.08. The molecule has 3 aromatic rings. The predicted octanol–water partition coefficient (Wildman–Crippen LogP) is 3.62. The summed E-state index contributed by atoms with van der Waals surface area (Å²) in [6.07, 6.45) is 2.21. The summed E-state index contributed by atoms with van der Waals surface area (Å²) in [6, 6.07) is 17.7. The van der Waals surface area contributed by atoms with E-state index in [0.29, 0.717) is 18.1 Å². The molecule has 0 aliphatic heterocycles. The Kier molecular flexibility index (Phi) is 6.41. The lowest BCUT2D eigenvalue weighted by atomic mass is 10.1. The molecule has 0 fully saturated rings. The van der Waals surface area contributed by atoms with Crippen LogP contribution in [0.5, 0.6) is 11.8 Å². The minimum Gasteiger partial charge on any atom is -0.497 e. The Morgan fingerprint density at radius 3 is 2.57 bits per heavy atom. The van der Waals surface area contributed by atoms with Crippen LogP contribution in [0.3, 0.4) is 0 Å². The van der Waals surface area contributed by atoms with Crippen LogP contribution in [0.2, 0.25) is 0 Å². The number of rotatable bonds is 8. The molecule has 1 aromatic heterocycles. The van der Waals surface area contributed by atoms with E-state index in [1.165, 1.54) is 18.9 Å². The monoisotopic (exact) mass is 378 g/mol. The van der Waals surface area contributed by atoms with Crippen molar-refractivity contribution in [3.8, 4) is 23.0 Å². The molecule has 7 nitrogen and oxygen atoms in total. The Morgan fingerprint density at radius 1 is 1.04 bits per heavy atom. The fourth-order valence-corrected chi connectivity index (χ4v) is 2.73. The van der Waals surface area contributed by atoms with E-state index in [9.17, 15) is 0 Å². The van der Waals surface area contributed by atoms with Gasteiger partial charge in [0.2, 0.25) is 0 Å². The van der Waals surface area contributed by atoms with Crippen molar-refractivity contribution in [2.75, 3.05) is 26.1 Å². The van der Waals surface area contributed by atoms with Gasteiger partial charge in [-0.05, 0) is 35.7 Å². The highest BCUT2D eigenvalue weighted by Crippen LogP contribution is 2.23. The molecule has 3 rings (SSSR count). The van der Waals surface area contributed by atoms with Crippen LogP contribution < -0.4 is 14.8 Å². The normalized spacial score (nSPS) is 10.8. The van der Waals surface area contributed by atoms with Crippen LogP contribution in [-0.2, 0) is 6.42 Å². The fourth-order valence-electron chi connectivity index (χ4n) is 2.73. The first-order valence-corrected chi connectivity index (χ1v) is 8.79. The van der Waals surface area contributed by atoms with E-state index in [2.05, 4.69) is 20.4 Å². The molecule has 144 valence electrons. The summed E-state index contributed by atoms with van der Waals surface area (Å²) < 4.78 is 10.4. The highest BCUT2D eigenvalue weighted by atomic mass is 16.5. The third-order valence-electron chi connectivity index (χ3n) is 4.16. The minimum absolute atomic E-state index is 0.283. The molecule has 0 bridgehead atoms. The number of ether oxygens (including phenoxy) is 2. The van der Waals surface area contributed by atoms with E-state index in [-0.39, 0.29) is 6.01 Å². The second kappa shape index (κ2) is 9.36. The third kappa shape index (κ3) is 4.97. The summed E-state index contributed by atoms with van der Waals surface area (Å²) in [7, 11) is 3.19. The molecular formula is C21H22N4O3. The van der Waals surface area contributed by atoms with Gasteiger partial charge in [-0.1, -0.05) is 35.5 Å². The highest BCUT2D eigenvalue weighted by Gasteiger charge is 2.08. The van der Waals surface area contributed by atoms with Crippen molar-refractivity contribution in [1.29, 1.82) is 0 Å². The van der Waals surface area contributed by atoms with E-state index in [4.69, 9.17) is 14.7 Å². The second-order valence-electron chi connectivity index (χ2n) is 6.02. The van der Waals surface area contributed by atoms with Crippen molar-refractivity contribution >= 4 is 12.0 Å². The minimum atomic E-state index is 0.283. The quantitative estimate of drug-likeness (QED) is 0.354. The smallest absolute Gasteiger partial charge is 0.318 e. The van der Waals surface area contributed by atoms with Crippen LogP contribution in [0.4, 0.5) is 5.82 Å². The van der Waals surface area contributed by atoms with E-state index >= 15 is 0 Å². The van der Waals surface area contributed by atoms with E-state index in [0.717, 1.165) is 23.3 Å². The second-order valence-corrected chi connectivity index (χ2v) is 6.02. The van der Waals surface area contributed by atoms with E-state index < -0.39 is 0 Å². The topological polar surface area (TPSA) is 88.9 Å². The fraction of sp³-hybridized carbons (Fsp3) is 0.190. The number of nitrogens with zero attached hydrogens (tertiary/aromatic N) is 3. The maximum atomic E-state index is 8.73. The Labute approximate surface area is 163 Å². The van der Waals surface area contributed by atoms with Gasteiger partial charge in [0.15, 0.2) is 0 Å². The van der Waals surface area contributed by atoms with Crippen LogP contribution in [0, 0.1) is 0 Å². The zero-order valence-electron chi connectivity index (χ0n) is 15.8. The maximum Gasteiger partial charge on any atom is 0.318 e. The number of benzene rings is 2. The van der Waals surface area contributed by atoms with Gasteiger partial charge in [-0.25, -0.2) is 0 Å². The van der Waals surface area contributed by atoms with Crippen LogP contribution in [0.25, 0.3) is 11.3 Å². The predicted molar refractivity (Wildman–Crippen MR) is 109 cm³/mol. The van der Waals surface area contributed by atoms with Gasteiger partial charge in [0, 0.05) is 18.2 Å². The van der Waals surface area contributed by atoms with Gasteiger partial charge in [0.25, 0.3) is 0 Å². The molecule has 0 amide bonds. The molecular weight excluding hydrogens is 356 g/mol. The first-order chi connectivity index (χ1) is 13.7. The van der Waals surface area contributed by atoms with E-state index in [1.807, 2.05) is 54.6 Å². The average Bonchev–Trinajstić information content (AvgIpc) is 2.74. The summed E-state index contributed by atoms with van der Waals surface area (Å²) in [6.45, 7) is 0.711. The molecule has 2 aromatic carbocycles. The summed E-state index contributed by atoms with van der Waals surface area (Å²) in [4.78, 5) is 8.78. The van der Waals surface area contributed by atoms with Gasteiger partial charge in [-0.3, -0.25) is 0 Å². The Balaban J connectivity index is 1.74. The number of anilines is 1. The van der Waals surface area contributed by atoms with Crippen molar-refractivity contribution in [2.45, 2.75) is 6.42 Å². The lowest BCUT2D eigenvalue weighted by molar-refractivity contribution is 0.322. The summed E-state index contributed by atoms with van der Waals surface area (Å²) >= 11 is 0.